The first-order valence-corrected chi connectivity index (χ1v) is 4.73. The van der Waals surface area contributed by atoms with Crippen molar-refractivity contribution in [2.75, 3.05) is 20.2 Å². The van der Waals surface area contributed by atoms with Gasteiger partial charge in [0.2, 0.25) is 0 Å². The first-order chi connectivity index (χ1) is 7.69. The summed E-state index contributed by atoms with van der Waals surface area (Å²) in [5.41, 5.74) is 1.06. The molecule has 0 atom stereocenters. The minimum atomic E-state index is -0.268. The van der Waals surface area contributed by atoms with Gasteiger partial charge < -0.3 is 15.3 Å². The predicted octanol–water partition coefficient (Wildman–Crippen LogP) is 0.0882. The summed E-state index contributed by atoms with van der Waals surface area (Å²) >= 11 is 0. The summed E-state index contributed by atoms with van der Waals surface area (Å²) in [4.78, 5) is 23.2. The molecule has 0 unspecified atom stereocenters. The maximum atomic E-state index is 11.5. The number of carbonyl (C=O) groups is 1. The summed E-state index contributed by atoms with van der Waals surface area (Å²) in [5.74, 6) is -0.268. The summed E-state index contributed by atoms with van der Waals surface area (Å²) in [6.07, 6.45) is 5.96. The van der Waals surface area contributed by atoms with Crippen molar-refractivity contribution in [3.8, 4) is 0 Å². The highest BCUT2D eigenvalue weighted by molar-refractivity contribution is 5.96. The topological polar surface area (TPSA) is 82.0 Å². The summed E-state index contributed by atoms with van der Waals surface area (Å²) in [5, 5.41) is 13.7. The van der Waals surface area contributed by atoms with Crippen LogP contribution >= 0.6 is 0 Å². The molecule has 1 aliphatic rings. The predicted molar refractivity (Wildman–Crippen MR) is 59.0 cm³/mol. The number of nitrogens with one attached hydrogen (secondary N) is 1. The van der Waals surface area contributed by atoms with Crippen molar-refractivity contribution in [1.29, 1.82) is 0 Å². The number of hydrogen-bond donors (Lipinski definition) is 2. The Hall–Kier alpha value is -1.95. The molecule has 6 heteroatoms. The molecular weight excluding hydrogens is 210 g/mol. The van der Waals surface area contributed by atoms with Crippen LogP contribution in [0.5, 0.6) is 0 Å². The zero-order valence-corrected chi connectivity index (χ0v) is 8.88. The lowest BCUT2D eigenvalue weighted by molar-refractivity contribution is -0.117. The molecule has 0 aliphatic carbocycles. The van der Waals surface area contributed by atoms with Crippen LogP contribution in [0, 0.1) is 4.91 Å². The van der Waals surface area contributed by atoms with Crippen molar-refractivity contribution < 1.29 is 9.90 Å². The van der Waals surface area contributed by atoms with Crippen LogP contribution in [-0.2, 0) is 4.79 Å². The van der Waals surface area contributed by atoms with Crippen LogP contribution in [0.25, 0.3) is 0 Å². The molecule has 6 nitrogen and oxygen atoms in total. The summed E-state index contributed by atoms with van der Waals surface area (Å²) < 4.78 is 0. The zero-order valence-electron chi connectivity index (χ0n) is 8.88. The molecule has 86 valence electrons. The Morgan fingerprint density at radius 2 is 2.38 bits per heavy atom. The Labute approximate surface area is 92.9 Å². The molecule has 1 aliphatic heterocycles. The molecule has 0 aromatic rings. The van der Waals surface area contributed by atoms with Gasteiger partial charge in [0.05, 0.1) is 24.1 Å². The van der Waals surface area contributed by atoms with E-state index in [1.807, 2.05) is 0 Å². The Bertz CT molecular complexity index is 372. The van der Waals surface area contributed by atoms with Gasteiger partial charge in [-0.25, -0.2) is 0 Å². The molecule has 0 aromatic heterocycles. The fourth-order valence-electron chi connectivity index (χ4n) is 1.21. The van der Waals surface area contributed by atoms with Crippen LogP contribution in [-0.4, -0.2) is 36.1 Å². The van der Waals surface area contributed by atoms with Gasteiger partial charge in [-0.2, -0.15) is 0 Å². The van der Waals surface area contributed by atoms with E-state index in [0.29, 0.717) is 11.3 Å². The fourth-order valence-corrected chi connectivity index (χ4v) is 1.21. The van der Waals surface area contributed by atoms with E-state index < -0.39 is 0 Å². The zero-order chi connectivity index (χ0) is 12.0. The van der Waals surface area contributed by atoms with E-state index in [4.69, 9.17) is 5.11 Å². The number of allylic oxidation sites excluding steroid dienone is 1. The number of likely N-dealkylation sites (N-methyl/N-ethyl adjacent to an activating group) is 1. The van der Waals surface area contributed by atoms with Crippen LogP contribution in [0.4, 0.5) is 0 Å². The van der Waals surface area contributed by atoms with Gasteiger partial charge in [-0.3, -0.25) is 4.79 Å². The third-order valence-electron chi connectivity index (χ3n) is 2.02. The maximum absolute atomic E-state index is 11.5. The number of aliphatic hydroxyl groups excluding tert-OH is 1. The van der Waals surface area contributed by atoms with Gasteiger partial charge in [0, 0.05) is 19.8 Å². The highest BCUT2D eigenvalue weighted by Crippen LogP contribution is 2.14. The monoisotopic (exact) mass is 223 g/mol. The number of nitrogens with zero attached hydrogens (tertiary/aromatic N) is 2. The molecule has 1 rings (SSSR count). The SMILES string of the molecule is CN1C=C(C(=O)NCCO)C=C/C1=C\N=O. The second kappa shape index (κ2) is 5.82. The quantitative estimate of drug-likeness (QED) is 0.662. The van der Waals surface area contributed by atoms with E-state index in [2.05, 4.69) is 10.5 Å². The van der Waals surface area contributed by atoms with E-state index in [-0.39, 0.29) is 19.1 Å². The summed E-state index contributed by atoms with van der Waals surface area (Å²) in [6, 6.07) is 0. The van der Waals surface area contributed by atoms with Crippen molar-refractivity contribution in [3.05, 3.63) is 40.7 Å². The fraction of sp³-hybridized carbons (Fsp3) is 0.300. The first-order valence-electron chi connectivity index (χ1n) is 4.73. The minimum absolute atomic E-state index is 0.0984. The maximum Gasteiger partial charge on any atom is 0.252 e. The largest absolute Gasteiger partial charge is 0.395 e. The highest BCUT2D eigenvalue weighted by atomic mass is 16.3. The summed E-state index contributed by atoms with van der Waals surface area (Å²) in [6.45, 7) is 0.116. The normalized spacial score (nSPS) is 17.2. The Morgan fingerprint density at radius 3 is 2.94 bits per heavy atom. The molecule has 16 heavy (non-hydrogen) atoms. The number of amides is 1. The third-order valence-corrected chi connectivity index (χ3v) is 2.02. The highest BCUT2D eigenvalue weighted by Gasteiger charge is 2.12. The number of rotatable bonds is 4. The van der Waals surface area contributed by atoms with Crippen molar-refractivity contribution >= 4 is 5.91 Å². The van der Waals surface area contributed by atoms with Gasteiger partial charge in [0.1, 0.15) is 0 Å². The van der Waals surface area contributed by atoms with Crippen molar-refractivity contribution in [2.45, 2.75) is 0 Å². The van der Waals surface area contributed by atoms with Crippen LogP contribution in [0.1, 0.15) is 0 Å². The average Bonchev–Trinajstić information content (AvgIpc) is 2.29. The molecular formula is C10H13N3O3. The molecule has 1 amide bonds. The molecule has 1 heterocycles. The molecule has 0 bridgehead atoms. The smallest absolute Gasteiger partial charge is 0.252 e. The average molecular weight is 223 g/mol. The van der Waals surface area contributed by atoms with E-state index in [0.717, 1.165) is 6.20 Å². The van der Waals surface area contributed by atoms with Gasteiger partial charge in [-0.15, -0.1) is 4.91 Å². The second-order valence-electron chi connectivity index (χ2n) is 3.17. The van der Waals surface area contributed by atoms with Crippen LogP contribution in [0.15, 0.2) is 41.0 Å². The van der Waals surface area contributed by atoms with Gasteiger partial charge in [-0.1, -0.05) is 0 Å². The molecule has 0 radical (unpaired) electrons. The molecule has 0 aromatic carbocycles. The Morgan fingerprint density at radius 1 is 1.62 bits per heavy atom. The van der Waals surface area contributed by atoms with Gasteiger partial charge in [-0.05, 0) is 17.3 Å². The van der Waals surface area contributed by atoms with E-state index in [9.17, 15) is 9.70 Å². The lowest BCUT2D eigenvalue weighted by atomic mass is 10.1. The van der Waals surface area contributed by atoms with Gasteiger partial charge in [0.15, 0.2) is 0 Å². The van der Waals surface area contributed by atoms with Crippen molar-refractivity contribution in [2.24, 2.45) is 5.18 Å². The first kappa shape index (κ1) is 12.1. The number of nitroso groups, excluding NO2 is 1. The standard InChI is InChI=1S/C10H13N3O3/c1-13-7-8(10(15)11-4-5-14)2-3-9(13)6-12-16/h2-3,6-7,14H,4-5H2,1H3,(H,11,15)/b9-6+. The van der Waals surface area contributed by atoms with Crippen LogP contribution in [0.3, 0.4) is 0 Å². The molecule has 0 spiro atoms. The van der Waals surface area contributed by atoms with Crippen molar-refractivity contribution in [3.63, 3.8) is 0 Å². The number of aliphatic hydroxyl groups is 1. The van der Waals surface area contributed by atoms with E-state index >= 15 is 0 Å². The van der Waals surface area contributed by atoms with Crippen LogP contribution < -0.4 is 5.32 Å². The van der Waals surface area contributed by atoms with Gasteiger partial charge >= 0.3 is 0 Å². The van der Waals surface area contributed by atoms with Crippen molar-refractivity contribution in [1.82, 2.24) is 10.2 Å². The Balaban J connectivity index is 2.70. The molecule has 0 saturated heterocycles. The molecule has 2 N–H and O–H groups in total. The van der Waals surface area contributed by atoms with Crippen LogP contribution in [0.2, 0.25) is 0 Å². The Kier molecular flexibility index (Phi) is 4.41. The minimum Gasteiger partial charge on any atom is -0.395 e. The lowest BCUT2D eigenvalue weighted by Crippen LogP contribution is -2.29. The van der Waals surface area contributed by atoms with E-state index in [1.54, 1.807) is 30.3 Å². The molecule has 0 saturated carbocycles. The molecule has 0 fully saturated rings. The summed E-state index contributed by atoms with van der Waals surface area (Å²) in [7, 11) is 1.71. The van der Waals surface area contributed by atoms with E-state index in [1.165, 1.54) is 0 Å². The number of carbonyl (C=O) groups excluding carboxylic acids is 1. The van der Waals surface area contributed by atoms with Gasteiger partial charge in [0.25, 0.3) is 5.91 Å². The number of hydrogen-bond acceptors (Lipinski definition) is 5. The lowest BCUT2D eigenvalue weighted by Gasteiger charge is -2.19. The second-order valence-corrected chi connectivity index (χ2v) is 3.17. The third kappa shape index (κ3) is 3.03.